The van der Waals surface area contributed by atoms with Gasteiger partial charge in [0.2, 0.25) is 0 Å². The Labute approximate surface area is 218 Å². The van der Waals surface area contributed by atoms with E-state index in [0.717, 1.165) is 86.8 Å². The van der Waals surface area contributed by atoms with Gasteiger partial charge in [0.1, 0.15) is 23.1 Å². The Morgan fingerprint density at radius 3 is 2.51 bits per heavy atom. The van der Waals surface area contributed by atoms with Crippen molar-refractivity contribution < 1.29 is 9.47 Å². The van der Waals surface area contributed by atoms with Gasteiger partial charge in [-0.1, -0.05) is 0 Å². The number of nitrogens with zero attached hydrogens (tertiary/aromatic N) is 6. The van der Waals surface area contributed by atoms with Gasteiger partial charge in [-0.05, 0) is 51.7 Å². The van der Waals surface area contributed by atoms with Crippen LogP contribution in [-0.2, 0) is 4.74 Å². The fraction of sp³-hybridized carbons (Fsp3) is 0.536. The molecule has 1 aliphatic carbocycles. The average Bonchev–Trinajstić information content (AvgIpc) is 3.70. The van der Waals surface area contributed by atoms with E-state index < -0.39 is 0 Å². The molecule has 2 saturated heterocycles. The Hall–Kier alpha value is -3.17. The van der Waals surface area contributed by atoms with Gasteiger partial charge >= 0.3 is 0 Å². The Morgan fingerprint density at radius 1 is 0.973 bits per heavy atom. The number of anilines is 3. The fourth-order valence-corrected chi connectivity index (χ4v) is 5.20. The van der Waals surface area contributed by atoms with Crippen LogP contribution in [0.4, 0.5) is 17.3 Å². The highest BCUT2D eigenvalue weighted by molar-refractivity contribution is 5.61. The number of piperazine rings is 1. The molecular formula is C28H37N7O2. The van der Waals surface area contributed by atoms with Crippen molar-refractivity contribution in [2.75, 3.05) is 49.6 Å². The van der Waals surface area contributed by atoms with Crippen molar-refractivity contribution in [3.63, 3.8) is 0 Å². The SMILES string of the molecule is CC(C)N1CCN(c2cc(Nc3cc(Oc4cn(C5CC5)nc4C4CCOCC4)ccn3)ccn2)CC1. The highest BCUT2D eigenvalue weighted by Crippen LogP contribution is 2.40. The largest absolute Gasteiger partial charge is 0.454 e. The van der Waals surface area contributed by atoms with Gasteiger partial charge in [-0.25, -0.2) is 9.97 Å². The minimum atomic E-state index is 0.376. The molecule has 0 amide bonds. The van der Waals surface area contributed by atoms with E-state index in [1.165, 1.54) is 12.8 Å². The third-order valence-corrected chi connectivity index (χ3v) is 7.60. The van der Waals surface area contributed by atoms with Gasteiger partial charge in [0.25, 0.3) is 0 Å². The van der Waals surface area contributed by atoms with Gasteiger partial charge in [-0.3, -0.25) is 9.58 Å². The number of rotatable bonds is 8. The first-order valence-electron chi connectivity index (χ1n) is 13.6. The zero-order chi connectivity index (χ0) is 25.2. The van der Waals surface area contributed by atoms with E-state index in [1.54, 1.807) is 6.20 Å². The van der Waals surface area contributed by atoms with Crippen molar-refractivity contribution in [3.05, 3.63) is 48.5 Å². The predicted molar refractivity (Wildman–Crippen MR) is 144 cm³/mol. The Bertz CT molecular complexity index is 1190. The van der Waals surface area contributed by atoms with Crippen LogP contribution in [0.3, 0.4) is 0 Å². The molecule has 37 heavy (non-hydrogen) atoms. The summed E-state index contributed by atoms with van der Waals surface area (Å²) in [6, 6.07) is 9.03. The van der Waals surface area contributed by atoms with Crippen molar-refractivity contribution in [2.45, 2.75) is 57.5 Å². The Morgan fingerprint density at radius 2 is 1.76 bits per heavy atom. The summed E-state index contributed by atoms with van der Waals surface area (Å²) in [5.41, 5.74) is 2.02. The summed E-state index contributed by atoms with van der Waals surface area (Å²) in [4.78, 5) is 14.0. The smallest absolute Gasteiger partial charge is 0.168 e. The standard InChI is InChI=1S/C28H37N7O2/c1-20(2)33-11-13-34(14-12-33)27-17-22(5-9-30-27)31-26-18-24(6-10-29-26)37-25-19-35(23-3-4-23)32-28(25)21-7-15-36-16-8-21/h5-6,9-10,17-21,23H,3-4,7-8,11-16H2,1-2H3,(H,29,30,31). The lowest BCUT2D eigenvalue weighted by molar-refractivity contribution is 0.0839. The highest BCUT2D eigenvalue weighted by atomic mass is 16.5. The van der Waals surface area contributed by atoms with Crippen LogP contribution in [0.5, 0.6) is 11.5 Å². The summed E-state index contributed by atoms with van der Waals surface area (Å²) in [5.74, 6) is 3.71. The molecule has 196 valence electrons. The van der Waals surface area contributed by atoms with Crippen LogP contribution < -0.4 is 15.0 Å². The third-order valence-electron chi connectivity index (χ3n) is 7.60. The summed E-state index contributed by atoms with van der Waals surface area (Å²) < 4.78 is 14.1. The molecule has 0 aromatic carbocycles. The zero-order valence-corrected chi connectivity index (χ0v) is 21.8. The molecule has 3 aromatic heterocycles. The number of aromatic nitrogens is 4. The number of pyridine rings is 2. The number of hydrogen-bond donors (Lipinski definition) is 1. The van der Waals surface area contributed by atoms with Crippen molar-refractivity contribution in [3.8, 4) is 11.5 Å². The van der Waals surface area contributed by atoms with Crippen molar-refractivity contribution in [2.24, 2.45) is 0 Å². The van der Waals surface area contributed by atoms with Gasteiger partial charge in [0.05, 0.1) is 12.2 Å². The molecule has 6 rings (SSSR count). The van der Waals surface area contributed by atoms with E-state index in [2.05, 4.69) is 55.9 Å². The normalized spacial score (nSPS) is 19.4. The van der Waals surface area contributed by atoms with E-state index in [-0.39, 0.29) is 0 Å². The molecule has 9 heteroatoms. The first kappa shape index (κ1) is 24.2. The predicted octanol–water partition coefficient (Wildman–Crippen LogP) is 4.97. The van der Waals surface area contributed by atoms with E-state index in [9.17, 15) is 0 Å². The van der Waals surface area contributed by atoms with Gasteiger partial charge in [0, 0.05) is 81.6 Å². The molecule has 5 heterocycles. The van der Waals surface area contributed by atoms with Crippen LogP contribution in [0.25, 0.3) is 0 Å². The average molecular weight is 504 g/mol. The molecule has 2 aliphatic heterocycles. The lowest BCUT2D eigenvalue weighted by Gasteiger charge is -2.37. The van der Waals surface area contributed by atoms with E-state index in [1.807, 2.05) is 24.4 Å². The van der Waals surface area contributed by atoms with Crippen LogP contribution >= 0.6 is 0 Å². The van der Waals surface area contributed by atoms with E-state index in [0.29, 0.717) is 18.0 Å². The fourth-order valence-electron chi connectivity index (χ4n) is 5.20. The maximum atomic E-state index is 6.42. The third kappa shape index (κ3) is 5.72. The summed E-state index contributed by atoms with van der Waals surface area (Å²) >= 11 is 0. The molecule has 0 radical (unpaired) electrons. The van der Waals surface area contributed by atoms with Gasteiger partial charge in [-0.2, -0.15) is 5.10 Å². The van der Waals surface area contributed by atoms with Crippen LogP contribution in [0.2, 0.25) is 0 Å². The second kappa shape index (κ2) is 10.7. The van der Waals surface area contributed by atoms with Crippen LogP contribution in [0, 0.1) is 0 Å². The van der Waals surface area contributed by atoms with Gasteiger partial charge < -0.3 is 19.7 Å². The first-order valence-corrected chi connectivity index (χ1v) is 13.6. The van der Waals surface area contributed by atoms with Crippen LogP contribution in [0.15, 0.2) is 42.9 Å². The summed E-state index contributed by atoms with van der Waals surface area (Å²) in [6.45, 7) is 10.2. The lowest BCUT2D eigenvalue weighted by atomic mass is 9.96. The molecule has 3 fully saturated rings. The molecular weight excluding hydrogens is 466 g/mol. The van der Waals surface area contributed by atoms with Crippen molar-refractivity contribution >= 4 is 17.3 Å². The number of nitrogens with one attached hydrogen (secondary N) is 1. The zero-order valence-electron chi connectivity index (χ0n) is 21.8. The minimum absolute atomic E-state index is 0.376. The molecule has 1 saturated carbocycles. The molecule has 0 bridgehead atoms. The van der Waals surface area contributed by atoms with E-state index >= 15 is 0 Å². The number of ether oxygens (including phenoxy) is 2. The molecule has 0 spiro atoms. The Kier molecular flexibility index (Phi) is 6.97. The molecule has 0 unspecified atom stereocenters. The second-order valence-corrected chi connectivity index (χ2v) is 10.6. The summed E-state index contributed by atoms with van der Waals surface area (Å²) in [7, 11) is 0. The number of hydrogen-bond acceptors (Lipinski definition) is 8. The maximum Gasteiger partial charge on any atom is 0.168 e. The Balaban J connectivity index is 1.15. The second-order valence-electron chi connectivity index (χ2n) is 10.6. The first-order chi connectivity index (χ1) is 18.1. The van der Waals surface area contributed by atoms with Crippen molar-refractivity contribution in [1.29, 1.82) is 0 Å². The maximum absolute atomic E-state index is 6.42. The van der Waals surface area contributed by atoms with Gasteiger partial charge in [0.15, 0.2) is 5.75 Å². The molecule has 3 aliphatic rings. The summed E-state index contributed by atoms with van der Waals surface area (Å²) in [6.07, 6.45) is 10.1. The minimum Gasteiger partial charge on any atom is -0.454 e. The quantitative estimate of drug-likeness (QED) is 0.462. The summed E-state index contributed by atoms with van der Waals surface area (Å²) in [5, 5.41) is 8.38. The topological polar surface area (TPSA) is 80.6 Å². The monoisotopic (exact) mass is 503 g/mol. The van der Waals surface area contributed by atoms with Crippen LogP contribution in [0.1, 0.15) is 57.2 Å². The van der Waals surface area contributed by atoms with Gasteiger partial charge in [-0.15, -0.1) is 0 Å². The molecule has 3 aromatic rings. The van der Waals surface area contributed by atoms with Crippen LogP contribution in [-0.4, -0.2) is 70.1 Å². The molecule has 1 N–H and O–H groups in total. The van der Waals surface area contributed by atoms with E-state index in [4.69, 9.17) is 14.6 Å². The molecule has 9 nitrogen and oxygen atoms in total. The molecule has 0 atom stereocenters. The van der Waals surface area contributed by atoms with Crippen molar-refractivity contribution in [1.82, 2.24) is 24.6 Å². The highest BCUT2D eigenvalue weighted by Gasteiger charge is 2.30. The lowest BCUT2D eigenvalue weighted by Crippen LogP contribution is -2.49.